The Morgan fingerprint density at radius 1 is 1.10 bits per heavy atom. The summed E-state index contributed by atoms with van der Waals surface area (Å²) < 4.78 is 65.1. The minimum absolute atomic E-state index is 0.143. The van der Waals surface area contributed by atoms with Crippen molar-refractivity contribution in [1.29, 1.82) is 0 Å². The molecule has 0 aliphatic carbocycles. The average molecular weight is 512 g/mol. The Kier molecular flexibility index (Phi) is 12.0. The fourth-order valence-electron chi connectivity index (χ4n) is 2.23. The highest BCUT2D eigenvalue weighted by Crippen LogP contribution is 2.56. The lowest BCUT2D eigenvalue weighted by Crippen LogP contribution is -2.22. The summed E-state index contributed by atoms with van der Waals surface area (Å²) in [6.45, 7) is 2.21. The maximum Gasteiger partial charge on any atom is 0.555 e. The van der Waals surface area contributed by atoms with E-state index in [1.807, 2.05) is 0 Å². The molecule has 0 amide bonds. The Morgan fingerprint density at radius 2 is 1.74 bits per heavy atom. The first kappa shape index (κ1) is 27.3. The standard InChI is InChI=1S/C16H20O11P4/c1-29(21)26-16(19)13(10-31(23,24-11-28-20)27-30(2)22)8-9-14(17)25-15(18)12-6-4-3-5-7-12/h3-7,13H,8-11H2,1-2H3/q+2. The molecule has 4 atom stereocenters. The van der Waals surface area contributed by atoms with Gasteiger partial charge >= 0.3 is 41.6 Å². The second kappa shape index (κ2) is 13.6. The number of esters is 2. The van der Waals surface area contributed by atoms with Gasteiger partial charge < -0.3 is 4.74 Å². The highest BCUT2D eigenvalue weighted by atomic mass is 31.2. The molecule has 1 rings (SSSR count). The van der Waals surface area contributed by atoms with Crippen LogP contribution in [-0.2, 0) is 45.9 Å². The summed E-state index contributed by atoms with van der Waals surface area (Å²) in [7, 11) is -9.50. The van der Waals surface area contributed by atoms with Gasteiger partial charge in [0.1, 0.15) is 6.35 Å². The zero-order valence-electron chi connectivity index (χ0n) is 16.6. The molecule has 0 fully saturated rings. The molecular weight excluding hydrogens is 492 g/mol. The average Bonchev–Trinajstić information content (AvgIpc) is 2.69. The maximum absolute atomic E-state index is 12.8. The molecule has 1 aromatic carbocycles. The van der Waals surface area contributed by atoms with Crippen molar-refractivity contribution in [2.45, 2.75) is 12.8 Å². The van der Waals surface area contributed by atoms with E-state index in [1.54, 1.807) is 18.2 Å². The second-order valence-electron chi connectivity index (χ2n) is 5.92. The first-order valence-electron chi connectivity index (χ1n) is 8.62. The number of rotatable bonds is 13. The van der Waals surface area contributed by atoms with Gasteiger partial charge in [-0.25, -0.2) is 14.1 Å². The van der Waals surface area contributed by atoms with Gasteiger partial charge in [0, 0.05) is 6.42 Å². The van der Waals surface area contributed by atoms with Crippen molar-refractivity contribution in [2.24, 2.45) is 5.92 Å². The molecule has 1 aromatic rings. The van der Waals surface area contributed by atoms with Gasteiger partial charge in [-0.05, 0) is 27.7 Å². The van der Waals surface area contributed by atoms with Crippen LogP contribution in [0.2, 0.25) is 0 Å². The highest BCUT2D eigenvalue weighted by Gasteiger charge is 2.41. The summed E-state index contributed by atoms with van der Waals surface area (Å²) in [5.41, 5.74) is 0.143. The van der Waals surface area contributed by atoms with Crippen LogP contribution in [0, 0.1) is 5.92 Å². The lowest BCUT2D eigenvalue weighted by molar-refractivity contribution is -0.140. The van der Waals surface area contributed by atoms with E-state index in [0.29, 0.717) is 0 Å². The van der Waals surface area contributed by atoms with Crippen molar-refractivity contribution in [3.05, 3.63) is 35.9 Å². The van der Waals surface area contributed by atoms with E-state index >= 15 is 0 Å². The van der Waals surface area contributed by atoms with Crippen LogP contribution in [0.1, 0.15) is 23.2 Å². The van der Waals surface area contributed by atoms with E-state index in [1.165, 1.54) is 12.1 Å². The Morgan fingerprint density at radius 3 is 2.29 bits per heavy atom. The van der Waals surface area contributed by atoms with Gasteiger partial charge in [0.25, 0.3) is 0 Å². The zero-order valence-corrected chi connectivity index (χ0v) is 20.1. The Labute approximate surface area is 181 Å². The zero-order chi connectivity index (χ0) is 23.4. The van der Waals surface area contributed by atoms with Crippen molar-refractivity contribution in [3.8, 4) is 0 Å². The molecule has 4 unspecified atom stereocenters. The smallest absolute Gasteiger partial charge is 0.389 e. The Bertz CT molecular complexity index is 887. The van der Waals surface area contributed by atoms with Gasteiger partial charge in [-0.15, -0.1) is 0 Å². The first-order valence-corrected chi connectivity index (χ1v) is 14.6. The summed E-state index contributed by atoms with van der Waals surface area (Å²) >= 11 is 0. The highest BCUT2D eigenvalue weighted by molar-refractivity contribution is 7.61. The van der Waals surface area contributed by atoms with E-state index in [0.717, 1.165) is 13.3 Å². The van der Waals surface area contributed by atoms with Gasteiger partial charge in [-0.2, -0.15) is 0 Å². The number of carbonyl (C=O) groups excluding carboxylic acids is 3. The van der Waals surface area contributed by atoms with Crippen LogP contribution >= 0.6 is 32.1 Å². The summed E-state index contributed by atoms with van der Waals surface area (Å²) in [6, 6.07) is 7.72. The third kappa shape index (κ3) is 10.9. The molecule has 0 aliphatic rings. The molecule has 0 heterocycles. The summed E-state index contributed by atoms with van der Waals surface area (Å²) in [4.78, 5) is 36.2. The molecule has 0 aliphatic heterocycles. The molecular formula is C16H20O11P4+2. The molecule has 0 bridgehead atoms. The summed E-state index contributed by atoms with van der Waals surface area (Å²) in [5, 5.41) is 0. The molecule has 0 N–H and O–H groups in total. The minimum atomic E-state index is -4.19. The van der Waals surface area contributed by atoms with E-state index in [4.69, 9.17) is 13.6 Å². The number of hydrogen-bond acceptors (Lipinski definition) is 11. The first-order chi connectivity index (χ1) is 14.6. The van der Waals surface area contributed by atoms with Crippen LogP contribution in [0.15, 0.2) is 30.3 Å². The molecule has 0 spiro atoms. The van der Waals surface area contributed by atoms with Gasteiger partial charge in [0.05, 0.1) is 17.6 Å². The topological polar surface area (TPSA) is 156 Å². The second-order valence-corrected chi connectivity index (χ2v) is 10.9. The fraction of sp³-hybridized carbons (Fsp3) is 0.438. The Balaban J connectivity index is 2.88. The number of carbonyl (C=O) groups is 3. The molecule has 11 nitrogen and oxygen atoms in total. The van der Waals surface area contributed by atoms with Crippen molar-refractivity contribution in [3.63, 3.8) is 0 Å². The molecule has 31 heavy (non-hydrogen) atoms. The summed E-state index contributed by atoms with van der Waals surface area (Å²) in [6.07, 6.45) is -2.02. The van der Waals surface area contributed by atoms with Crippen molar-refractivity contribution < 1.29 is 50.7 Å². The lowest BCUT2D eigenvalue weighted by Gasteiger charge is -2.16. The molecule has 0 saturated heterocycles. The third-order valence-electron chi connectivity index (χ3n) is 3.46. The normalized spacial score (nSPS) is 14.8. The van der Waals surface area contributed by atoms with E-state index < -0.39 is 74.9 Å². The van der Waals surface area contributed by atoms with Crippen LogP contribution < -0.4 is 0 Å². The quantitative estimate of drug-likeness (QED) is 0.208. The summed E-state index contributed by atoms with van der Waals surface area (Å²) in [5.74, 6) is -4.26. The van der Waals surface area contributed by atoms with Crippen molar-refractivity contribution in [1.82, 2.24) is 0 Å². The SMILES string of the molecule is C[P+](=O)OC(=O)C(CCC(=O)OC(=O)c1ccccc1)CP(=O)(OCP=O)O[P+](C)=O. The molecule has 15 heteroatoms. The largest absolute Gasteiger partial charge is 0.555 e. The molecule has 0 aromatic heterocycles. The van der Waals surface area contributed by atoms with Gasteiger partial charge in [0.15, 0.2) is 21.8 Å². The molecule has 0 saturated carbocycles. The number of hydrogen-bond donors (Lipinski definition) is 0. The number of benzene rings is 1. The van der Waals surface area contributed by atoms with E-state index in [-0.39, 0.29) is 12.0 Å². The van der Waals surface area contributed by atoms with E-state index in [2.05, 4.69) is 4.52 Å². The predicted octanol–water partition coefficient (Wildman–Crippen LogP) is 4.53. The van der Waals surface area contributed by atoms with Gasteiger partial charge in [-0.1, -0.05) is 22.5 Å². The molecule has 168 valence electrons. The van der Waals surface area contributed by atoms with Crippen molar-refractivity contribution >= 4 is 50.0 Å². The monoisotopic (exact) mass is 512 g/mol. The van der Waals surface area contributed by atoms with Crippen LogP contribution in [0.5, 0.6) is 0 Å². The van der Waals surface area contributed by atoms with E-state index in [9.17, 15) is 32.6 Å². The third-order valence-corrected chi connectivity index (χ3v) is 7.66. The van der Waals surface area contributed by atoms with Gasteiger partial charge in [-0.3, -0.25) is 18.4 Å². The van der Waals surface area contributed by atoms with Gasteiger partial charge in [0.2, 0.25) is 0 Å². The molecule has 0 radical (unpaired) electrons. The number of ether oxygens (including phenoxy) is 1. The van der Waals surface area contributed by atoms with Crippen LogP contribution in [0.3, 0.4) is 0 Å². The maximum atomic E-state index is 12.8. The fourth-order valence-corrected chi connectivity index (χ4v) is 6.36. The minimum Gasteiger partial charge on any atom is -0.389 e. The van der Waals surface area contributed by atoms with Crippen molar-refractivity contribution in [2.75, 3.05) is 25.8 Å². The van der Waals surface area contributed by atoms with Crippen LogP contribution in [-0.4, -0.2) is 43.7 Å². The Hall–Kier alpha value is -1.72. The predicted molar refractivity (Wildman–Crippen MR) is 110 cm³/mol. The van der Waals surface area contributed by atoms with Crippen LogP contribution in [0.4, 0.5) is 0 Å². The lowest BCUT2D eigenvalue weighted by atomic mass is 10.1. The van der Waals surface area contributed by atoms with Crippen LogP contribution in [0.25, 0.3) is 0 Å².